The summed E-state index contributed by atoms with van der Waals surface area (Å²) in [6, 6.07) is 0. The van der Waals surface area contributed by atoms with Crippen LogP contribution in [0.3, 0.4) is 0 Å². The maximum absolute atomic E-state index is 10.9. The first kappa shape index (κ1) is 23.4. The van der Waals surface area contributed by atoms with Crippen molar-refractivity contribution in [2.75, 3.05) is 6.61 Å². The highest BCUT2D eigenvalue weighted by atomic mass is 16.3. The summed E-state index contributed by atoms with van der Waals surface area (Å²) in [4.78, 5) is 0. The van der Waals surface area contributed by atoms with Gasteiger partial charge in [-0.05, 0) is 128 Å². The lowest BCUT2D eigenvalue weighted by atomic mass is 9.32. The minimum Gasteiger partial charge on any atom is -0.396 e. The largest absolute Gasteiger partial charge is 0.396 e. The van der Waals surface area contributed by atoms with Gasteiger partial charge in [-0.25, -0.2) is 0 Å². The lowest BCUT2D eigenvalue weighted by Gasteiger charge is -2.73. The van der Waals surface area contributed by atoms with Gasteiger partial charge in [-0.2, -0.15) is 0 Å². The molecule has 32 heavy (non-hydrogen) atoms. The summed E-state index contributed by atoms with van der Waals surface area (Å²) in [5.41, 5.74) is 2.60. The molecule has 0 heterocycles. The van der Waals surface area contributed by atoms with Crippen LogP contribution in [0.1, 0.15) is 106 Å². The molecule has 5 aliphatic carbocycles. The van der Waals surface area contributed by atoms with Crippen molar-refractivity contribution in [1.29, 1.82) is 0 Å². The van der Waals surface area contributed by atoms with Crippen LogP contribution in [0.2, 0.25) is 0 Å². The Labute approximate surface area is 197 Å². The Hall–Kier alpha value is -0.340. The van der Waals surface area contributed by atoms with Crippen LogP contribution in [0.5, 0.6) is 0 Å². The molecule has 2 nitrogen and oxygen atoms in total. The molecule has 0 bridgehead atoms. The molecule has 1 unspecified atom stereocenters. The standard InChI is InChI=1S/C30H50O2/c1-19(2)20-10-15-30(18-31)17-16-28(6)21(25(20)30)8-9-23-27(5)13-12-24(32)26(3,4)22(27)11-14-29(23,28)7/h20-25,31-32H,1,8-18H2,2-7H3/t20-,21?,22-,23+,24-,25+,27-,28+,29+,30+/m0/s1. The van der Waals surface area contributed by atoms with Gasteiger partial charge in [0.05, 0.1) is 6.10 Å². The first-order chi connectivity index (χ1) is 14.9. The van der Waals surface area contributed by atoms with Gasteiger partial charge in [-0.15, -0.1) is 0 Å². The molecular formula is C30H50O2. The second kappa shape index (κ2) is 7.09. The van der Waals surface area contributed by atoms with Crippen LogP contribution >= 0.6 is 0 Å². The molecule has 2 heteroatoms. The van der Waals surface area contributed by atoms with E-state index >= 15 is 0 Å². The highest BCUT2D eigenvalue weighted by Gasteiger charge is 2.70. The first-order valence-corrected chi connectivity index (χ1v) is 13.8. The van der Waals surface area contributed by atoms with Gasteiger partial charge in [0.2, 0.25) is 0 Å². The van der Waals surface area contributed by atoms with E-state index < -0.39 is 0 Å². The molecule has 0 radical (unpaired) electrons. The maximum Gasteiger partial charge on any atom is 0.0594 e. The van der Waals surface area contributed by atoms with Gasteiger partial charge >= 0.3 is 0 Å². The van der Waals surface area contributed by atoms with Gasteiger partial charge in [0, 0.05) is 6.61 Å². The average molecular weight is 443 g/mol. The van der Waals surface area contributed by atoms with E-state index in [4.69, 9.17) is 0 Å². The lowest BCUT2D eigenvalue weighted by molar-refractivity contribution is -0.249. The van der Waals surface area contributed by atoms with E-state index in [1.54, 1.807) is 0 Å². The van der Waals surface area contributed by atoms with E-state index in [0.717, 1.165) is 18.3 Å². The number of aliphatic hydroxyl groups is 2. The number of aliphatic hydroxyl groups excluding tert-OH is 2. The van der Waals surface area contributed by atoms with Gasteiger partial charge in [-0.3, -0.25) is 0 Å². The fourth-order valence-electron chi connectivity index (χ4n) is 11.5. The molecule has 0 aromatic heterocycles. The molecular weight excluding hydrogens is 392 g/mol. The van der Waals surface area contributed by atoms with Crippen LogP contribution < -0.4 is 0 Å². The Balaban J connectivity index is 1.55. The predicted octanol–water partition coefficient (Wildman–Crippen LogP) is 7.00. The number of hydrogen-bond donors (Lipinski definition) is 2. The average Bonchev–Trinajstić information content (AvgIpc) is 3.12. The number of allylic oxidation sites excluding steroid dienone is 1. The molecule has 0 spiro atoms. The second-order valence-corrected chi connectivity index (χ2v) is 14.6. The van der Waals surface area contributed by atoms with E-state index in [0.29, 0.717) is 40.6 Å². The third-order valence-corrected chi connectivity index (χ3v) is 13.5. The van der Waals surface area contributed by atoms with Gasteiger partial charge in [0.25, 0.3) is 0 Å². The SMILES string of the molecule is C=C(C)[C@@H]1CC[C@]2(CO)CC[C@]3(C)C(CC[C@@H]4[C@@]5(C)CC[C@H](O)C(C)(C)[C@@H]5CC[C@]43C)[C@@H]12. The number of hydrogen-bond acceptors (Lipinski definition) is 2. The quantitative estimate of drug-likeness (QED) is 0.452. The fourth-order valence-corrected chi connectivity index (χ4v) is 11.5. The molecule has 0 amide bonds. The van der Waals surface area contributed by atoms with E-state index in [1.165, 1.54) is 63.4 Å². The first-order valence-electron chi connectivity index (χ1n) is 13.8. The molecule has 0 aromatic carbocycles. The summed E-state index contributed by atoms with van der Waals surface area (Å²) in [5.74, 6) is 3.33. The monoisotopic (exact) mass is 442 g/mol. The third kappa shape index (κ3) is 2.66. The van der Waals surface area contributed by atoms with Gasteiger partial charge < -0.3 is 10.2 Å². The topological polar surface area (TPSA) is 40.5 Å². The Morgan fingerprint density at radius 2 is 1.53 bits per heavy atom. The Kier molecular flexibility index (Phi) is 5.19. The third-order valence-electron chi connectivity index (χ3n) is 13.5. The van der Waals surface area contributed by atoms with Crippen LogP contribution in [-0.2, 0) is 0 Å². The predicted molar refractivity (Wildman–Crippen MR) is 132 cm³/mol. The molecule has 0 aliphatic heterocycles. The van der Waals surface area contributed by atoms with E-state index in [2.05, 4.69) is 48.1 Å². The molecule has 5 saturated carbocycles. The highest BCUT2D eigenvalue weighted by Crippen LogP contribution is 2.77. The Morgan fingerprint density at radius 1 is 0.812 bits per heavy atom. The number of fused-ring (bicyclic) bond motifs is 7. The zero-order chi connectivity index (χ0) is 23.3. The van der Waals surface area contributed by atoms with Gasteiger partial charge in [0.15, 0.2) is 0 Å². The van der Waals surface area contributed by atoms with Crippen LogP contribution in [0.15, 0.2) is 12.2 Å². The molecule has 0 saturated heterocycles. The molecule has 5 fully saturated rings. The van der Waals surface area contributed by atoms with Crippen LogP contribution in [0.25, 0.3) is 0 Å². The molecule has 5 aliphatic rings. The summed E-state index contributed by atoms with van der Waals surface area (Å²) < 4.78 is 0. The normalized spacial score (nSPS) is 56.5. The van der Waals surface area contributed by atoms with Crippen LogP contribution in [-0.4, -0.2) is 22.9 Å². The van der Waals surface area contributed by atoms with Crippen molar-refractivity contribution in [3.05, 3.63) is 12.2 Å². The molecule has 10 atom stereocenters. The summed E-state index contributed by atoms with van der Waals surface area (Å²) in [6.07, 6.45) is 12.2. The summed E-state index contributed by atoms with van der Waals surface area (Å²) in [5, 5.41) is 21.5. The summed E-state index contributed by atoms with van der Waals surface area (Å²) >= 11 is 0. The number of rotatable bonds is 2. The zero-order valence-corrected chi connectivity index (χ0v) is 21.8. The van der Waals surface area contributed by atoms with Crippen molar-refractivity contribution in [3.63, 3.8) is 0 Å². The van der Waals surface area contributed by atoms with Gasteiger partial charge in [-0.1, -0.05) is 46.8 Å². The van der Waals surface area contributed by atoms with E-state index in [-0.39, 0.29) is 16.9 Å². The second-order valence-electron chi connectivity index (χ2n) is 14.6. The minimum atomic E-state index is -0.147. The highest BCUT2D eigenvalue weighted by molar-refractivity contribution is 5.21. The van der Waals surface area contributed by atoms with Gasteiger partial charge in [0.1, 0.15) is 0 Å². The van der Waals surface area contributed by atoms with Crippen molar-refractivity contribution < 1.29 is 10.2 Å². The van der Waals surface area contributed by atoms with Crippen molar-refractivity contribution in [2.45, 2.75) is 112 Å². The molecule has 0 aromatic rings. The maximum atomic E-state index is 10.9. The van der Waals surface area contributed by atoms with Crippen molar-refractivity contribution >= 4 is 0 Å². The smallest absolute Gasteiger partial charge is 0.0594 e. The zero-order valence-electron chi connectivity index (χ0n) is 21.8. The summed E-state index contributed by atoms with van der Waals surface area (Å²) in [7, 11) is 0. The Bertz CT molecular complexity index is 786. The van der Waals surface area contributed by atoms with Crippen molar-refractivity contribution in [2.24, 2.45) is 56.7 Å². The fraction of sp³-hybridized carbons (Fsp3) is 0.933. The molecule has 5 rings (SSSR count). The molecule has 2 N–H and O–H groups in total. The van der Waals surface area contributed by atoms with Crippen LogP contribution in [0.4, 0.5) is 0 Å². The van der Waals surface area contributed by atoms with Crippen molar-refractivity contribution in [3.8, 4) is 0 Å². The summed E-state index contributed by atoms with van der Waals surface area (Å²) in [6.45, 7) is 19.7. The lowest BCUT2D eigenvalue weighted by Crippen LogP contribution is -2.66. The van der Waals surface area contributed by atoms with E-state index in [1.807, 2.05) is 0 Å². The minimum absolute atomic E-state index is 0.0290. The van der Waals surface area contributed by atoms with Crippen molar-refractivity contribution in [1.82, 2.24) is 0 Å². The Morgan fingerprint density at radius 3 is 2.19 bits per heavy atom. The van der Waals surface area contributed by atoms with Crippen LogP contribution in [0, 0.1) is 56.7 Å². The molecule has 182 valence electrons. The van der Waals surface area contributed by atoms with E-state index in [9.17, 15) is 10.2 Å².